The number of hydrogen-bond acceptors (Lipinski definition) is 3. The van der Waals surface area contributed by atoms with E-state index in [-0.39, 0.29) is 5.91 Å². The van der Waals surface area contributed by atoms with E-state index in [1.165, 1.54) is 44.2 Å². The molecule has 1 aromatic rings. The van der Waals surface area contributed by atoms with Crippen LogP contribution < -0.4 is 10.2 Å². The van der Waals surface area contributed by atoms with E-state index in [4.69, 9.17) is 0 Å². The van der Waals surface area contributed by atoms with Crippen LogP contribution in [-0.2, 0) is 4.79 Å². The van der Waals surface area contributed by atoms with Crippen molar-refractivity contribution in [2.24, 2.45) is 0 Å². The van der Waals surface area contributed by atoms with Gasteiger partial charge >= 0.3 is 0 Å². The van der Waals surface area contributed by atoms with Crippen molar-refractivity contribution >= 4 is 17.3 Å². The summed E-state index contributed by atoms with van der Waals surface area (Å²) in [4.78, 5) is 17.2. The number of hydrogen-bond donors (Lipinski definition) is 1. The Morgan fingerprint density at radius 1 is 1.09 bits per heavy atom. The molecule has 1 N–H and O–H groups in total. The summed E-state index contributed by atoms with van der Waals surface area (Å²) < 4.78 is 0. The van der Waals surface area contributed by atoms with Gasteiger partial charge in [-0.25, -0.2) is 0 Å². The molecule has 0 bridgehead atoms. The molecule has 2 heterocycles. The van der Waals surface area contributed by atoms with Crippen molar-refractivity contribution < 1.29 is 4.79 Å². The third-order valence-corrected chi connectivity index (χ3v) is 5.16. The van der Waals surface area contributed by atoms with Crippen LogP contribution in [0.2, 0.25) is 0 Å². The molecule has 1 amide bonds. The molecule has 1 unspecified atom stereocenters. The maximum absolute atomic E-state index is 12.5. The second kappa shape index (κ2) is 7.82. The highest BCUT2D eigenvalue weighted by atomic mass is 16.2. The van der Waals surface area contributed by atoms with Gasteiger partial charge in [0.2, 0.25) is 5.91 Å². The Hall–Kier alpha value is -1.55. The van der Waals surface area contributed by atoms with Crippen LogP contribution in [0.5, 0.6) is 0 Å². The van der Waals surface area contributed by atoms with Crippen LogP contribution in [0.4, 0.5) is 11.4 Å². The zero-order chi connectivity index (χ0) is 16.1. The van der Waals surface area contributed by atoms with E-state index in [2.05, 4.69) is 34.2 Å². The Kier molecular flexibility index (Phi) is 5.55. The number of para-hydroxylation sites is 2. The molecule has 4 heteroatoms. The highest BCUT2D eigenvalue weighted by molar-refractivity contribution is 5.95. The number of anilines is 2. The summed E-state index contributed by atoms with van der Waals surface area (Å²) in [6.45, 7) is 5.97. The minimum Gasteiger partial charge on any atom is -0.370 e. The molecule has 0 aromatic heterocycles. The van der Waals surface area contributed by atoms with Crippen molar-refractivity contribution in [3.05, 3.63) is 24.3 Å². The lowest BCUT2D eigenvalue weighted by molar-refractivity contribution is -0.118. The highest BCUT2D eigenvalue weighted by Gasteiger charge is 2.21. The largest absolute Gasteiger partial charge is 0.370 e. The van der Waals surface area contributed by atoms with Crippen molar-refractivity contribution in [2.75, 3.05) is 36.4 Å². The SMILES string of the molecule is CC1CCCCN1CC(=O)Nc1ccccc1N1CCCCC1. The molecule has 2 aliphatic rings. The van der Waals surface area contributed by atoms with Crippen LogP contribution in [-0.4, -0.2) is 43.0 Å². The summed E-state index contributed by atoms with van der Waals surface area (Å²) in [5.74, 6) is 0.114. The second-order valence-electron chi connectivity index (χ2n) is 6.93. The van der Waals surface area contributed by atoms with Gasteiger partial charge in [-0.3, -0.25) is 9.69 Å². The van der Waals surface area contributed by atoms with Gasteiger partial charge in [0.05, 0.1) is 17.9 Å². The third-order valence-electron chi connectivity index (χ3n) is 5.16. The van der Waals surface area contributed by atoms with Crippen LogP contribution in [0.25, 0.3) is 0 Å². The number of piperidine rings is 2. The molecule has 23 heavy (non-hydrogen) atoms. The van der Waals surface area contributed by atoms with E-state index in [0.717, 1.165) is 25.3 Å². The Bertz CT molecular complexity index is 525. The number of carbonyl (C=O) groups excluding carboxylic acids is 1. The van der Waals surface area contributed by atoms with Crippen LogP contribution in [0.3, 0.4) is 0 Å². The summed E-state index contributed by atoms with van der Waals surface area (Å²) in [5, 5.41) is 3.15. The van der Waals surface area contributed by atoms with Crippen molar-refractivity contribution in [2.45, 2.75) is 51.5 Å². The van der Waals surface area contributed by atoms with Gasteiger partial charge in [-0.1, -0.05) is 18.6 Å². The van der Waals surface area contributed by atoms with Crippen LogP contribution in [0.1, 0.15) is 45.4 Å². The van der Waals surface area contributed by atoms with Crippen LogP contribution in [0.15, 0.2) is 24.3 Å². The first kappa shape index (κ1) is 16.3. The maximum Gasteiger partial charge on any atom is 0.238 e. The molecular formula is C19H29N3O. The fraction of sp³-hybridized carbons (Fsp3) is 0.632. The van der Waals surface area contributed by atoms with E-state index in [1.54, 1.807) is 0 Å². The van der Waals surface area contributed by atoms with Gasteiger partial charge in [0.15, 0.2) is 0 Å². The van der Waals surface area contributed by atoms with E-state index in [9.17, 15) is 4.79 Å². The van der Waals surface area contributed by atoms with E-state index >= 15 is 0 Å². The molecule has 0 saturated carbocycles. The number of rotatable bonds is 4. The van der Waals surface area contributed by atoms with Crippen molar-refractivity contribution in [3.63, 3.8) is 0 Å². The molecular weight excluding hydrogens is 286 g/mol. The Balaban J connectivity index is 1.63. The highest BCUT2D eigenvalue weighted by Crippen LogP contribution is 2.28. The molecule has 126 valence electrons. The molecule has 0 aliphatic carbocycles. The predicted octanol–water partition coefficient (Wildman–Crippen LogP) is 3.49. The summed E-state index contributed by atoms with van der Waals surface area (Å²) >= 11 is 0. The monoisotopic (exact) mass is 315 g/mol. The number of benzene rings is 1. The van der Waals surface area contributed by atoms with Crippen molar-refractivity contribution in [1.29, 1.82) is 0 Å². The zero-order valence-corrected chi connectivity index (χ0v) is 14.3. The van der Waals surface area contributed by atoms with Gasteiger partial charge in [-0.05, 0) is 57.7 Å². The van der Waals surface area contributed by atoms with Gasteiger partial charge in [0.1, 0.15) is 0 Å². The fourth-order valence-corrected chi connectivity index (χ4v) is 3.76. The first-order chi connectivity index (χ1) is 11.2. The first-order valence-corrected chi connectivity index (χ1v) is 9.12. The predicted molar refractivity (Wildman–Crippen MR) is 96.0 cm³/mol. The zero-order valence-electron chi connectivity index (χ0n) is 14.3. The van der Waals surface area contributed by atoms with E-state index < -0.39 is 0 Å². The first-order valence-electron chi connectivity index (χ1n) is 9.12. The lowest BCUT2D eigenvalue weighted by Gasteiger charge is -2.33. The van der Waals surface area contributed by atoms with Crippen LogP contribution >= 0.6 is 0 Å². The molecule has 1 atom stereocenters. The van der Waals surface area contributed by atoms with E-state index in [1.807, 2.05) is 12.1 Å². The van der Waals surface area contributed by atoms with E-state index in [0.29, 0.717) is 12.6 Å². The summed E-state index contributed by atoms with van der Waals surface area (Å²) in [6.07, 6.45) is 7.51. The standard InChI is InChI=1S/C19H29N3O/c1-16-9-5-8-14-22(16)15-19(23)20-17-10-3-4-11-18(17)21-12-6-2-7-13-21/h3-4,10-11,16H,2,5-9,12-15H2,1H3,(H,20,23). The van der Waals surface area contributed by atoms with Gasteiger partial charge < -0.3 is 10.2 Å². The van der Waals surface area contributed by atoms with Crippen molar-refractivity contribution in [3.8, 4) is 0 Å². The molecule has 4 nitrogen and oxygen atoms in total. The van der Waals surface area contributed by atoms with Gasteiger partial charge in [-0.2, -0.15) is 0 Å². The topological polar surface area (TPSA) is 35.6 Å². The molecule has 0 radical (unpaired) electrons. The molecule has 3 rings (SSSR count). The molecule has 0 spiro atoms. The number of nitrogens with zero attached hydrogens (tertiary/aromatic N) is 2. The fourth-order valence-electron chi connectivity index (χ4n) is 3.76. The average molecular weight is 315 g/mol. The van der Waals surface area contributed by atoms with Gasteiger partial charge in [0, 0.05) is 19.1 Å². The van der Waals surface area contributed by atoms with Gasteiger partial charge in [0.25, 0.3) is 0 Å². The lowest BCUT2D eigenvalue weighted by Crippen LogP contribution is -2.42. The van der Waals surface area contributed by atoms with Gasteiger partial charge in [-0.15, -0.1) is 0 Å². The Labute approximate surface area is 139 Å². The summed E-state index contributed by atoms with van der Waals surface area (Å²) in [5.41, 5.74) is 2.14. The summed E-state index contributed by atoms with van der Waals surface area (Å²) in [7, 11) is 0. The minimum atomic E-state index is 0.114. The minimum absolute atomic E-state index is 0.114. The average Bonchev–Trinajstić information content (AvgIpc) is 2.58. The number of carbonyl (C=O) groups is 1. The molecule has 1 aromatic carbocycles. The summed E-state index contributed by atoms with van der Waals surface area (Å²) in [6, 6.07) is 8.75. The quantitative estimate of drug-likeness (QED) is 0.924. The maximum atomic E-state index is 12.5. The molecule has 2 aliphatic heterocycles. The Morgan fingerprint density at radius 3 is 2.61 bits per heavy atom. The number of amides is 1. The Morgan fingerprint density at radius 2 is 1.83 bits per heavy atom. The second-order valence-corrected chi connectivity index (χ2v) is 6.93. The van der Waals surface area contributed by atoms with Crippen molar-refractivity contribution in [1.82, 2.24) is 4.90 Å². The molecule has 2 fully saturated rings. The third kappa shape index (κ3) is 4.25. The smallest absolute Gasteiger partial charge is 0.238 e. The lowest BCUT2D eigenvalue weighted by atomic mass is 10.0. The number of likely N-dealkylation sites (tertiary alicyclic amines) is 1. The normalized spacial score (nSPS) is 22.8. The molecule has 2 saturated heterocycles. The van der Waals surface area contributed by atoms with Crippen LogP contribution in [0, 0.1) is 0 Å². The number of nitrogens with one attached hydrogen (secondary N) is 1.